The van der Waals surface area contributed by atoms with Gasteiger partial charge < -0.3 is 10.3 Å². The van der Waals surface area contributed by atoms with Gasteiger partial charge in [0.05, 0.1) is 5.69 Å². The van der Waals surface area contributed by atoms with Gasteiger partial charge in [-0.3, -0.25) is 0 Å². The molecule has 2 N–H and O–H groups in total. The first-order chi connectivity index (χ1) is 8.65. The van der Waals surface area contributed by atoms with Gasteiger partial charge in [0, 0.05) is 41.1 Å². The van der Waals surface area contributed by atoms with E-state index in [1.807, 2.05) is 29.9 Å². The number of halogens is 1. The Labute approximate surface area is 112 Å². The largest absolute Gasteiger partial charge is 0.368 e. The predicted molar refractivity (Wildman–Crippen MR) is 73.9 cm³/mol. The van der Waals surface area contributed by atoms with Crippen LogP contribution in [-0.2, 0) is 7.05 Å². The Morgan fingerprint density at radius 3 is 2.94 bits per heavy atom. The van der Waals surface area contributed by atoms with E-state index in [1.54, 1.807) is 12.4 Å². The Balaban J connectivity index is 2.32. The summed E-state index contributed by atoms with van der Waals surface area (Å²) in [5.74, 6) is 0.271. The average molecular weight is 304 g/mol. The summed E-state index contributed by atoms with van der Waals surface area (Å²) >= 11 is 3.43. The van der Waals surface area contributed by atoms with E-state index in [-0.39, 0.29) is 5.95 Å². The minimum Gasteiger partial charge on any atom is -0.368 e. The Hall–Kier alpha value is -1.95. The van der Waals surface area contributed by atoms with Crippen LogP contribution in [0.4, 0.5) is 5.95 Å². The summed E-state index contributed by atoms with van der Waals surface area (Å²) in [7, 11) is 1.96. The van der Waals surface area contributed by atoms with Gasteiger partial charge in [0.25, 0.3) is 0 Å². The molecule has 3 heterocycles. The van der Waals surface area contributed by atoms with E-state index in [1.165, 1.54) is 0 Å². The van der Waals surface area contributed by atoms with Crippen LogP contribution in [0, 0.1) is 0 Å². The highest BCUT2D eigenvalue weighted by atomic mass is 79.9. The number of hydrogen-bond donors (Lipinski definition) is 1. The molecule has 0 saturated heterocycles. The number of hydrogen-bond acceptors (Lipinski definition) is 4. The Morgan fingerprint density at radius 1 is 1.33 bits per heavy atom. The number of fused-ring (bicyclic) bond motifs is 1. The van der Waals surface area contributed by atoms with Crippen LogP contribution in [0.3, 0.4) is 0 Å². The molecule has 0 aromatic carbocycles. The number of aromatic nitrogens is 4. The predicted octanol–water partition coefficient (Wildman–Crippen LogP) is 2.38. The van der Waals surface area contributed by atoms with Crippen molar-refractivity contribution in [3.05, 3.63) is 35.2 Å². The summed E-state index contributed by atoms with van der Waals surface area (Å²) in [5, 5.41) is 1.03. The maximum Gasteiger partial charge on any atom is 0.220 e. The maximum absolute atomic E-state index is 5.62. The molecule has 90 valence electrons. The molecule has 0 radical (unpaired) electrons. The van der Waals surface area contributed by atoms with E-state index in [0.717, 1.165) is 26.8 Å². The van der Waals surface area contributed by atoms with Crippen molar-refractivity contribution in [1.29, 1.82) is 0 Å². The second-order valence-corrected chi connectivity index (χ2v) is 4.89. The number of nitrogens with zero attached hydrogens (tertiary/aromatic N) is 4. The highest BCUT2D eigenvalue weighted by molar-refractivity contribution is 9.10. The third-order valence-corrected chi connectivity index (χ3v) is 3.16. The van der Waals surface area contributed by atoms with E-state index in [0.29, 0.717) is 0 Å². The summed E-state index contributed by atoms with van der Waals surface area (Å²) in [6.45, 7) is 0. The van der Waals surface area contributed by atoms with Crippen molar-refractivity contribution in [3.8, 4) is 11.3 Å². The molecule has 0 unspecified atom stereocenters. The molecule has 0 aliphatic carbocycles. The van der Waals surface area contributed by atoms with Gasteiger partial charge in [-0.05, 0) is 28.1 Å². The van der Waals surface area contributed by atoms with Crippen LogP contribution in [0.2, 0.25) is 0 Å². The van der Waals surface area contributed by atoms with Crippen LogP contribution in [0.15, 0.2) is 35.2 Å². The average Bonchev–Trinajstić information content (AvgIpc) is 2.66. The van der Waals surface area contributed by atoms with Crippen molar-refractivity contribution >= 4 is 32.9 Å². The lowest BCUT2D eigenvalue weighted by molar-refractivity contribution is 0.948. The smallest absolute Gasteiger partial charge is 0.220 e. The number of rotatable bonds is 1. The van der Waals surface area contributed by atoms with E-state index in [2.05, 4.69) is 30.9 Å². The van der Waals surface area contributed by atoms with Crippen LogP contribution in [0.1, 0.15) is 0 Å². The zero-order valence-corrected chi connectivity index (χ0v) is 11.2. The zero-order valence-electron chi connectivity index (χ0n) is 9.63. The first-order valence-corrected chi connectivity index (χ1v) is 6.14. The number of pyridine rings is 1. The van der Waals surface area contributed by atoms with Crippen LogP contribution < -0.4 is 5.73 Å². The molecule has 3 rings (SSSR count). The summed E-state index contributed by atoms with van der Waals surface area (Å²) in [6, 6.07) is 3.86. The molecule has 0 aliphatic rings. The molecule has 0 saturated carbocycles. The quantitative estimate of drug-likeness (QED) is 0.749. The Morgan fingerprint density at radius 2 is 2.17 bits per heavy atom. The van der Waals surface area contributed by atoms with E-state index in [4.69, 9.17) is 5.73 Å². The summed E-state index contributed by atoms with van der Waals surface area (Å²) in [4.78, 5) is 12.5. The molecule has 0 amide bonds. The Bertz CT molecular complexity index is 734. The van der Waals surface area contributed by atoms with Crippen molar-refractivity contribution in [3.63, 3.8) is 0 Å². The Kier molecular flexibility index (Phi) is 2.52. The van der Waals surface area contributed by atoms with Gasteiger partial charge in [0.1, 0.15) is 5.65 Å². The van der Waals surface area contributed by atoms with Crippen LogP contribution >= 0.6 is 15.9 Å². The number of nitrogens with two attached hydrogens (primary N) is 1. The lowest BCUT2D eigenvalue weighted by Gasteiger charge is -1.99. The normalized spacial score (nSPS) is 11.0. The van der Waals surface area contributed by atoms with Crippen molar-refractivity contribution in [2.24, 2.45) is 7.05 Å². The molecule has 0 spiro atoms. The zero-order chi connectivity index (χ0) is 12.7. The first-order valence-electron chi connectivity index (χ1n) is 5.34. The molecular weight excluding hydrogens is 294 g/mol. The molecule has 6 heteroatoms. The topological polar surface area (TPSA) is 69.6 Å². The van der Waals surface area contributed by atoms with Gasteiger partial charge in [0.2, 0.25) is 5.95 Å². The molecule has 0 atom stereocenters. The molecule has 0 bridgehead atoms. The van der Waals surface area contributed by atoms with Crippen molar-refractivity contribution in [2.75, 3.05) is 5.73 Å². The minimum absolute atomic E-state index is 0.271. The molecule has 3 aromatic rings. The fraction of sp³-hybridized carbons (Fsp3) is 0.0833. The summed E-state index contributed by atoms with van der Waals surface area (Å²) in [5.41, 5.74) is 8.33. The van der Waals surface area contributed by atoms with Crippen LogP contribution in [-0.4, -0.2) is 19.5 Å². The molecule has 18 heavy (non-hydrogen) atoms. The van der Waals surface area contributed by atoms with Gasteiger partial charge in [-0.1, -0.05) is 0 Å². The van der Waals surface area contributed by atoms with Gasteiger partial charge in [-0.25, -0.2) is 15.0 Å². The lowest BCUT2D eigenvalue weighted by Crippen LogP contribution is -1.94. The van der Waals surface area contributed by atoms with Crippen molar-refractivity contribution in [2.45, 2.75) is 0 Å². The summed E-state index contributed by atoms with van der Waals surface area (Å²) in [6.07, 6.45) is 5.42. The molecule has 0 aliphatic heterocycles. The van der Waals surface area contributed by atoms with E-state index >= 15 is 0 Å². The number of aryl methyl sites for hydroxylation is 1. The number of nitrogen functional groups attached to an aromatic ring is 1. The van der Waals surface area contributed by atoms with Crippen LogP contribution in [0.5, 0.6) is 0 Å². The van der Waals surface area contributed by atoms with Crippen LogP contribution in [0.25, 0.3) is 22.3 Å². The third-order valence-electron chi connectivity index (χ3n) is 2.73. The maximum atomic E-state index is 5.62. The minimum atomic E-state index is 0.271. The SMILES string of the molecule is Cn1cc(-c2ccnc(N)n2)c2cc(Br)cnc21. The summed E-state index contributed by atoms with van der Waals surface area (Å²) < 4.78 is 2.90. The van der Waals surface area contributed by atoms with Gasteiger partial charge in [0.15, 0.2) is 0 Å². The highest BCUT2D eigenvalue weighted by Crippen LogP contribution is 2.29. The molecule has 3 aromatic heterocycles. The second-order valence-electron chi connectivity index (χ2n) is 3.98. The van der Waals surface area contributed by atoms with Crippen molar-refractivity contribution < 1.29 is 0 Å². The van der Waals surface area contributed by atoms with Gasteiger partial charge in [-0.15, -0.1) is 0 Å². The van der Waals surface area contributed by atoms with E-state index < -0.39 is 0 Å². The van der Waals surface area contributed by atoms with Crippen molar-refractivity contribution in [1.82, 2.24) is 19.5 Å². The fourth-order valence-corrected chi connectivity index (χ4v) is 2.29. The molecule has 0 fully saturated rings. The second kappa shape index (κ2) is 4.06. The fourth-order valence-electron chi connectivity index (χ4n) is 1.96. The van der Waals surface area contributed by atoms with Gasteiger partial charge in [-0.2, -0.15) is 0 Å². The standard InChI is InChI=1S/C12H10BrN5/c1-18-6-9(10-2-3-15-12(14)17-10)8-4-7(13)5-16-11(8)18/h2-6H,1H3,(H2,14,15,17). The molecule has 5 nitrogen and oxygen atoms in total. The first kappa shape index (κ1) is 11.2. The number of anilines is 1. The van der Waals surface area contributed by atoms with Gasteiger partial charge >= 0.3 is 0 Å². The highest BCUT2D eigenvalue weighted by Gasteiger charge is 2.11. The molecular formula is C12H10BrN5. The third kappa shape index (κ3) is 1.74. The monoisotopic (exact) mass is 303 g/mol. The lowest BCUT2D eigenvalue weighted by atomic mass is 10.1. The van der Waals surface area contributed by atoms with E-state index in [9.17, 15) is 0 Å².